The summed E-state index contributed by atoms with van der Waals surface area (Å²) in [7, 11) is 2.35. The van der Waals surface area contributed by atoms with E-state index in [0.717, 1.165) is 7.11 Å². The number of para-hydroxylation sites is 1. The highest BCUT2D eigenvalue weighted by Crippen LogP contribution is 2.23. The van der Waals surface area contributed by atoms with Gasteiger partial charge >= 0.3 is 11.9 Å². The monoisotopic (exact) mass is 330 g/mol. The summed E-state index contributed by atoms with van der Waals surface area (Å²) in [5.74, 6) is -2.20. The molecule has 0 saturated heterocycles. The Hall–Kier alpha value is -2.96. The van der Waals surface area contributed by atoms with Gasteiger partial charge in [-0.25, -0.2) is 9.59 Å². The summed E-state index contributed by atoms with van der Waals surface area (Å²) in [5, 5.41) is 4.10. The number of nitrogens with zero attached hydrogens (tertiary/aromatic N) is 1. The van der Waals surface area contributed by atoms with Crippen molar-refractivity contribution in [2.24, 2.45) is 5.10 Å². The van der Waals surface area contributed by atoms with Crippen LogP contribution in [0.15, 0.2) is 46.6 Å². The molecule has 0 bridgehead atoms. The van der Waals surface area contributed by atoms with Crippen molar-refractivity contribution in [3.63, 3.8) is 0 Å². The topological polar surface area (TPSA) is 94.1 Å². The van der Waals surface area contributed by atoms with Crippen molar-refractivity contribution in [3.05, 3.63) is 41.5 Å². The highest BCUT2D eigenvalue weighted by Gasteiger charge is 2.33. The van der Waals surface area contributed by atoms with Crippen LogP contribution in [-0.4, -0.2) is 37.7 Å². The predicted molar refractivity (Wildman–Crippen MR) is 87.4 cm³/mol. The molecular weight excluding hydrogens is 312 g/mol. The van der Waals surface area contributed by atoms with Crippen molar-refractivity contribution in [3.8, 4) is 0 Å². The Morgan fingerprint density at radius 3 is 2.33 bits per heavy atom. The fraction of sp³-hybridized carbons (Fsp3) is 0.294. The third kappa shape index (κ3) is 3.87. The number of methoxy groups -OCH3 is 2. The Morgan fingerprint density at radius 1 is 1.04 bits per heavy atom. The molecule has 2 rings (SSSR count). The van der Waals surface area contributed by atoms with E-state index in [4.69, 9.17) is 0 Å². The lowest BCUT2D eigenvalue weighted by atomic mass is 10.0. The number of ether oxygens (including phenoxy) is 2. The number of esters is 2. The molecule has 0 heterocycles. The number of benzene rings is 1. The molecule has 0 fully saturated rings. The van der Waals surface area contributed by atoms with E-state index in [-0.39, 0.29) is 23.3 Å². The first kappa shape index (κ1) is 17.4. The lowest BCUT2D eigenvalue weighted by Gasteiger charge is -2.08. The smallest absolute Gasteiger partial charge is 0.342 e. The minimum atomic E-state index is -0.866. The third-order valence-corrected chi connectivity index (χ3v) is 3.55. The van der Waals surface area contributed by atoms with Crippen LogP contribution in [0.4, 0.5) is 5.69 Å². The van der Waals surface area contributed by atoms with Crippen LogP contribution in [0.3, 0.4) is 0 Å². The van der Waals surface area contributed by atoms with Crippen LogP contribution in [0.5, 0.6) is 0 Å². The van der Waals surface area contributed by atoms with Gasteiger partial charge in [-0.3, -0.25) is 10.2 Å². The second-order valence-corrected chi connectivity index (χ2v) is 5.06. The van der Waals surface area contributed by atoms with Crippen molar-refractivity contribution < 1.29 is 23.9 Å². The molecular formula is C17H18N2O5. The van der Waals surface area contributed by atoms with E-state index in [1.54, 1.807) is 12.1 Å². The van der Waals surface area contributed by atoms with Crippen LogP contribution in [0.25, 0.3) is 0 Å². The van der Waals surface area contributed by atoms with Crippen LogP contribution in [-0.2, 0) is 23.9 Å². The summed E-state index contributed by atoms with van der Waals surface area (Å²) in [6.45, 7) is 0. The van der Waals surface area contributed by atoms with E-state index < -0.39 is 17.7 Å². The summed E-state index contributed by atoms with van der Waals surface area (Å²) in [4.78, 5) is 36.5. The lowest BCUT2D eigenvalue weighted by Crippen LogP contribution is -2.25. The molecule has 1 aromatic carbocycles. The molecule has 7 nitrogen and oxygen atoms in total. The van der Waals surface area contributed by atoms with Crippen LogP contribution in [0, 0.1) is 0 Å². The quantitative estimate of drug-likeness (QED) is 0.514. The first-order chi connectivity index (χ1) is 11.6. The van der Waals surface area contributed by atoms with Gasteiger partial charge in [0.1, 0.15) is 11.3 Å². The number of hydrogen-bond donors (Lipinski definition) is 1. The van der Waals surface area contributed by atoms with E-state index >= 15 is 0 Å². The number of ketones is 1. The maximum absolute atomic E-state index is 12.7. The van der Waals surface area contributed by atoms with Crippen molar-refractivity contribution in [2.45, 2.75) is 19.3 Å². The number of Topliss-reactive ketones (excluding diaryl/α,β-unsaturated/α-hetero) is 1. The van der Waals surface area contributed by atoms with Crippen LogP contribution in [0.2, 0.25) is 0 Å². The largest absolute Gasteiger partial charge is 0.466 e. The van der Waals surface area contributed by atoms with Crippen molar-refractivity contribution >= 4 is 29.1 Å². The molecule has 1 N–H and O–H groups in total. The molecule has 1 aromatic rings. The van der Waals surface area contributed by atoms with Gasteiger partial charge in [0.05, 0.1) is 25.5 Å². The maximum Gasteiger partial charge on any atom is 0.342 e. The molecule has 0 amide bonds. The standard InChI is InChI=1S/C17H18N2O5/c1-23-16(21)12-9-6-10-13(15(20)14(12)17(22)24-2)19-18-11-7-4-3-5-8-11/h3-5,7-8,18H,6,9-10H2,1-2H3/b19-13+. The van der Waals surface area contributed by atoms with Crippen LogP contribution in [0.1, 0.15) is 19.3 Å². The summed E-state index contributed by atoms with van der Waals surface area (Å²) in [6, 6.07) is 9.10. The number of nitrogens with one attached hydrogen (secondary N) is 1. The number of anilines is 1. The van der Waals surface area contributed by atoms with Gasteiger partial charge in [-0.15, -0.1) is 0 Å². The van der Waals surface area contributed by atoms with Crippen LogP contribution < -0.4 is 5.43 Å². The highest BCUT2D eigenvalue weighted by molar-refractivity contribution is 6.52. The van der Waals surface area contributed by atoms with Crippen LogP contribution >= 0.6 is 0 Å². The van der Waals surface area contributed by atoms with Gasteiger partial charge in [-0.1, -0.05) is 18.2 Å². The number of hydrazone groups is 1. The normalized spacial score (nSPS) is 16.6. The minimum absolute atomic E-state index is 0.0271. The average molecular weight is 330 g/mol. The lowest BCUT2D eigenvalue weighted by molar-refractivity contribution is -0.140. The minimum Gasteiger partial charge on any atom is -0.466 e. The summed E-state index contributed by atoms with van der Waals surface area (Å²) < 4.78 is 9.32. The number of rotatable bonds is 4. The molecule has 126 valence electrons. The van der Waals surface area contributed by atoms with Crippen molar-refractivity contribution in [2.75, 3.05) is 19.6 Å². The first-order valence-corrected chi connectivity index (χ1v) is 7.40. The zero-order valence-corrected chi connectivity index (χ0v) is 13.5. The van der Waals surface area contributed by atoms with Gasteiger partial charge in [0.2, 0.25) is 5.78 Å². The molecule has 0 aliphatic heterocycles. The zero-order chi connectivity index (χ0) is 17.5. The van der Waals surface area contributed by atoms with Crippen molar-refractivity contribution in [1.82, 2.24) is 0 Å². The van der Waals surface area contributed by atoms with E-state index in [0.29, 0.717) is 18.5 Å². The molecule has 24 heavy (non-hydrogen) atoms. The Bertz CT molecular complexity index is 707. The van der Waals surface area contributed by atoms with Crippen molar-refractivity contribution in [1.29, 1.82) is 0 Å². The second kappa shape index (κ2) is 8.05. The Labute approximate surface area is 139 Å². The van der Waals surface area contributed by atoms with Gasteiger partial charge in [0.15, 0.2) is 0 Å². The molecule has 0 spiro atoms. The van der Waals surface area contributed by atoms with Gasteiger partial charge in [-0.2, -0.15) is 5.10 Å². The number of carbonyl (C=O) groups is 3. The Morgan fingerprint density at radius 2 is 1.71 bits per heavy atom. The van der Waals surface area contributed by atoms with E-state index in [1.807, 2.05) is 18.2 Å². The third-order valence-electron chi connectivity index (χ3n) is 3.55. The van der Waals surface area contributed by atoms with Gasteiger partial charge in [-0.05, 0) is 31.4 Å². The molecule has 0 radical (unpaired) electrons. The molecule has 0 atom stereocenters. The van der Waals surface area contributed by atoms with Gasteiger partial charge in [0.25, 0.3) is 0 Å². The molecule has 1 aliphatic rings. The number of carbonyl (C=O) groups excluding carboxylic acids is 3. The molecule has 1 aliphatic carbocycles. The van der Waals surface area contributed by atoms with E-state index in [2.05, 4.69) is 20.0 Å². The Balaban J connectivity index is 2.36. The zero-order valence-electron chi connectivity index (χ0n) is 13.5. The fourth-order valence-electron chi connectivity index (χ4n) is 2.35. The van der Waals surface area contributed by atoms with Gasteiger partial charge in [0, 0.05) is 0 Å². The first-order valence-electron chi connectivity index (χ1n) is 7.40. The molecule has 0 aromatic heterocycles. The van der Waals surface area contributed by atoms with E-state index in [1.165, 1.54) is 7.11 Å². The van der Waals surface area contributed by atoms with Gasteiger partial charge < -0.3 is 9.47 Å². The fourth-order valence-corrected chi connectivity index (χ4v) is 2.35. The predicted octanol–water partition coefficient (Wildman–Crippen LogP) is 1.85. The summed E-state index contributed by atoms with van der Waals surface area (Å²) in [6.07, 6.45) is 1.07. The Kier molecular flexibility index (Phi) is 5.83. The second-order valence-electron chi connectivity index (χ2n) is 5.06. The van der Waals surface area contributed by atoms with E-state index in [9.17, 15) is 14.4 Å². The molecule has 0 unspecified atom stereocenters. The maximum atomic E-state index is 12.7. The molecule has 7 heteroatoms. The summed E-state index contributed by atoms with van der Waals surface area (Å²) >= 11 is 0. The summed E-state index contributed by atoms with van der Waals surface area (Å²) in [5.41, 5.74) is 3.37. The SMILES string of the molecule is COC(=O)C1=C(C(=O)OC)C(=O)/C(=N/Nc2ccccc2)CCC1. The highest BCUT2D eigenvalue weighted by atomic mass is 16.5. The average Bonchev–Trinajstić information content (AvgIpc) is 2.78. The number of hydrogen-bond acceptors (Lipinski definition) is 7. The molecule has 0 saturated carbocycles.